The Morgan fingerprint density at radius 3 is 2.71 bits per heavy atom. The lowest BCUT2D eigenvalue weighted by molar-refractivity contribution is -0.130. The lowest BCUT2D eigenvalue weighted by atomic mass is 9.90. The third kappa shape index (κ3) is 3.38. The third-order valence-corrected chi connectivity index (χ3v) is 4.68. The molecule has 1 aromatic rings. The Kier molecular flexibility index (Phi) is 4.44. The molecule has 0 atom stereocenters. The van der Waals surface area contributed by atoms with Crippen molar-refractivity contribution in [2.45, 2.75) is 25.7 Å². The van der Waals surface area contributed by atoms with E-state index in [1.165, 1.54) is 30.4 Å². The zero-order chi connectivity index (χ0) is 14.7. The average Bonchev–Trinajstić information content (AvgIpc) is 2.53. The van der Waals surface area contributed by atoms with Crippen LogP contribution in [0.2, 0.25) is 0 Å². The van der Waals surface area contributed by atoms with Crippen molar-refractivity contribution >= 4 is 11.6 Å². The molecule has 21 heavy (non-hydrogen) atoms. The minimum absolute atomic E-state index is 0.219. The molecule has 1 aliphatic heterocycles. The van der Waals surface area contributed by atoms with E-state index >= 15 is 0 Å². The first kappa shape index (κ1) is 14.4. The SMILES string of the molecule is CN1CCN(C(=O)CNc2cccc3c2CCCC3)CC1. The van der Waals surface area contributed by atoms with Gasteiger partial charge in [-0.1, -0.05) is 12.1 Å². The molecule has 1 amide bonds. The Bertz CT molecular complexity index is 507. The average molecular weight is 287 g/mol. The van der Waals surface area contributed by atoms with Crippen molar-refractivity contribution in [1.82, 2.24) is 9.80 Å². The van der Waals surface area contributed by atoms with Crippen LogP contribution in [-0.2, 0) is 17.6 Å². The largest absolute Gasteiger partial charge is 0.376 e. The van der Waals surface area contributed by atoms with Gasteiger partial charge < -0.3 is 15.1 Å². The molecular weight excluding hydrogens is 262 g/mol. The second-order valence-electron chi connectivity index (χ2n) is 6.19. The van der Waals surface area contributed by atoms with Gasteiger partial charge in [0.1, 0.15) is 0 Å². The molecule has 1 fully saturated rings. The van der Waals surface area contributed by atoms with Crippen LogP contribution in [0.4, 0.5) is 5.69 Å². The molecule has 2 aliphatic rings. The molecule has 1 aliphatic carbocycles. The number of fused-ring (bicyclic) bond motifs is 1. The van der Waals surface area contributed by atoms with Gasteiger partial charge in [-0.05, 0) is 49.9 Å². The van der Waals surface area contributed by atoms with Crippen LogP contribution < -0.4 is 5.32 Å². The van der Waals surface area contributed by atoms with Gasteiger partial charge in [0.05, 0.1) is 6.54 Å². The summed E-state index contributed by atoms with van der Waals surface area (Å²) in [7, 11) is 2.11. The van der Waals surface area contributed by atoms with E-state index in [0.29, 0.717) is 6.54 Å². The number of likely N-dealkylation sites (N-methyl/N-ethyl adjacent to an activating group) is 1. The Hall–Kier alpha value is -1.55. The quantitative estimate of drug-likeness (QED) is 0.920. The van der Waals surface area contributed by atoms with Gasteiger partial charge >= 0.3 is 0 Å². The van der Waals surface area contributed by atoms with Crippen molar-refractivity contribution in [3.8, 4) is 0 Å². The van der Waals surface area contributed by atoms with E-state index in [9.17, 15) is 4.79 Å². The summed E-state index contributed by atoms with van der Waals surface area (Å²) in [5, 5.41) is 3.38. The maximum atomic E-state index is 12.3. The summed E-state index contributed by atoms with van der Waals surface area (Å²) in [5.74, 6) is 0.219. The van der Waals surface area contributed by atoms with Crippen molar-refractivity contribution in [2.75, 3.05) is 45.1 Å². The molecule has 3 rings (SSSR count). The van der Waals surface area contributed by atoms with Crippen LogP contribution in [0.15, 0.2) is 18.2 Å². The number of nitrogens with one attached hydrogen (secondary N) is 1. The van der Waals surface area contributed by atoms with Crippen LogP contribution in [0.3, 0.4) is 0 Å². The van der Waals surface area contributed by atoms with Crippen molar-refractivity contribution in [3.05, 3.63) is 29.3 Å². The van der Waals surface area contributed by atoms with Gasteiger partial charge in [0, 0.05) is 31.9 Å². The van der Waals surface area contributed by atoms with Crippen LogP contribution >= 0.6 is 0 Å². The predicted molar refractivity (Wildman–Crippen MR) is 85.7 cm³/mol. The van der Waals surface area contributed by atoms with Gasteiger partial charge in [-0.3, -0.25) is 4.79 Å². The maximum absolute atomic E-state index is 12.3. The minimum atomic E-state index is 0.219. The summed E-state index contributed by atoms with van der Waals surface area (Å²) in [6.07, 6.45) is 4.87. The monoisotopic (exact) mass is 287 g/mol. The van der Waals surface area contributed by atoms with E-state index in [-0.39, 0.29) is 5.91 Å². The van der Waals surface area contributed by atoms with Gasteiger partial charge in [-0.25, -0.2) is 0 Å². The fraction of sp³-hybridized carbons (Fsp3) is 0.588. The van der Waals surface area contributed by atoms with Crippen LogP contribution in [0.25, 0.3) is 0 Å². The smallest absolute Gasteiger partial charge is 0.241 e. The highest BCUT2D eigenvalue weighted by molar-refractivity contribution is 5.81. The van der Waals surface area contributed by atoms with E-state index in [4.69, 9.17) is 0 Å². The van der Waals surface area contributed by atoms with Crippen LogP contribution in [0.1, 0.15) is 24.0 Å². The second-order valence-corrected chi connectivity index (χ2v) is 6.19. The van der Waals surface area contributed by atoms with E-state index < -0.39 is 0 Å². The Balaban J connectivity index is 1.59. The van der Waals surface area contributed by atoms with Crippen molar-refractivity contribution < 1.29 is 4.79 Å². The molecule has 0 radical (unpaired) electrons. The summed E-state index contributed by atoms with van der Waals surface area (Å²) in [4.78, 5) is 16.5. The minimum Gasteiger partial charge on any atom is -0.376 e. The van der Waals surface area contributed by atoms with Crippen molar-refractivity contribution in [2.24, 2.45) is 0 Å². The molecule has 114 valence electrons. The second kappa shape index (κ2) is 6.48. The summed E-state index contributed by atoms with van der Waals surface area (Å²) in [6, 6.07) is 6.44. The van der Waals surface area contributed by atoms with Gasteiger partial charge in [-0.15, -0.1) is 0 Å². The Morgan fingerprint density at radius 1 is 1.14 bits per heavy atom. The molecule has 1 heterocycles. The first-order valence-electron chi connectivity index (χ1n) is 8.05. The lowest BCUT2D eigenvalue weighted by Crippen LogP contribution is -2.48. The summed E-state index contributed by atoms with van der Waals surface area (Å²) >= 11 is 0. The molecule has 1 aromatic carbocycles. The number of amides is 1. The number of aryl methyl sites for hydroxylation is 1. The van der Waals surface area contributed by atoms with Crippen molar-refractivity contribution in [3.63, 3.8) is 0 Å². The maximum Gasteiger partial charge on any atom is 0.241 e. The number of nitrogens with zero attached hydrogens (tertiary/aromatic N) is 2. The summed E-state index contributed by atoms with van der Waals surface area (Å²) < 4.78 is 0. The lowest BCUT2D eigenvalue weighted by Gasteiger charge is -2.32. The summed E-state index contributed by atoms with van der Waals surface area (Å²) in [5.41, 5.74) is 4.04. The summed E-state index contributed by atoms with van der Waals surface area (Å²) in [6.45, 7) is 4.08. The van der Waals surface area contributed by atoms with Crippen LogP contribution in [0.5, 0.6) is 0 Å². The molecule has 0 unspecified atom stereocenters. The number of hydrogen-bond donors (Lipinski definition) is 1. The Labute approximate surface area is 127 Å². The predicted octanol–water partition coefficient (Wildman–Crippen LogP) is 1.75. The van der Waals surface area contributed by atoms with Crippen molar-refractivity contribution in [1.29, 1.82) is 0 Å². The third-order valence-electron chi connectivity index (χ3n) is 4.68. The topological polar surface area (TPSA) is 35.6 Å². The number of rotatable bonds is 3. The number of carbonyl (C=O) groups is 1. The molecule has 0 bridgehead atoms. The number of hydrogen-bond acceptors (Lipinski definition) is 3. The van der Waals surface area contributed by atoms with E-state index in [2.05, 4.69) is 35.5 Å². The first-order chi connectivity index (χ1) is 10.2. The van der Waals surface area contributed by atoms with E-state index in [1.807, 2.05) is 4.90 Å². The number of benzene rings is 1. The highest BCUT2D eigenvalue weighted by Gasteiger charge is 2.19. The highest BCUT2D eigenvalue weighted by atomic mass is 16.2. The molecule has 0 saturated carbocycles. The number of anilines is 1. The van der Waals surface area contributed by atoms with Gasteiger partial charge in [0.25, 0.3) is 0 Å². The fourth-order valence-electron chi connectivity index (χ4n) is 3.29. The first-order valence-corrected chi connectivity index (χ1v) is 8.05. The number of piperazine rings is 1. The zero-order valence-corrected chi connectivity index (χ0v) is 12.9. The van der Waals surface area contributed by atoms with Gasteiger partial charge in [0.15, 0.2) is 0 Å². The van der Waals surface area contributed by atoms with Gasteiger partial charge in [-0.2, -0.15) is 0 Å². The molecule has 4 heteroatoms. The molecule has 1 N–H and O–H groups in total. The molecular formula is C17H25N3O. The standard InChI is InChI=1S/C17H25N3O/c1-19-9-11-20(12-10-19)17(21)13-18-16-8-4-6-14-5-2-3-7-15(14)16/h4,6,8,18H,2-3,5,7,9-13H2,1H3. The fourth-order valence-corrected chi connectivity index (χ4v) is 3.29. The highest BCUT2D eigenvalue weighted by Crippen LogP contribution is 2.27. The molecule has 0 aromatic heterocycles. The normalized spacial score (nSPS) is 19.2. The Morgan fingerprint density at radius 2 is 1.90 bits per heavy atom. The number of carbonyl (C=O) groups excluding carboxylic acids is 1. The van der Waals surface area contributed by atoms with Gasteiger partial charge in [0.2, 0.25) is 5.91 Å². The van der Waals surface area contributed by atoms with E-state index in [1.54, 1.807) is 0 Å². The van der Waals surface area contributed by atoms with E-state index in [0.717, 1.165) is 38.3 Å². The molecule has 1 saturated heterocycles. The zero-order valence-electron chi connectivity index (χ0n) is 12.9. The van der Waals surface area contributed by atoms with Crippen LogP contribution in [0, 0.1) is 0 Å². The molecule has 0 spiro atoms. The molecule has 4 nitrogen and oxygen atoms in total. The van der Waals surface area contributed by atoms with Crippen LogP contribution in [-0.4, -0.2) is 55.5 Å².